The van der Waals surface area contributed by atoms with E-state index in [0.717, 1.165) is 19.3 Å². The summed E-state index contributed by atoms with van der Waals surface area (Å²) in [5.41, 5.74) is -0.685. The minimum atomic E-state index is -0.685. The third-order valence-electron chi connectivity index (χ3n) is 2.78. The van der Waals surface area contributed by atoms with Crippen molar-refractivity contribution in [3.8, 4) is 0 Å². The summed E-state index contributed by atoms with van der Waals surface area (Å²) in [6, 6.07) is 0. The zero-order valence-electron chi connectivity index (χ0n) is 6.97. The van der Waals surface area contributed by atoms with Crippen LogP contribution in [0.4, 0.5) is 0 Å². The molecule has 0 aromatic rings. The van der Waals surface area contributed by atoms with Gasteiger partial charge in [-0.25, -0.2) is 0 Å². The summed E-state index contributed by atoms with van der Waals surface area (Å²) in [5, 5.41) is 0. The van der Waals surface area contributed by atoms with Gasteiger partial charge >= 0.3 is 5.97 Å². The fourth-order valence-corrected chi connectivity index (χ4v) is 2.06. The Bertz CT molecular complexity index is 234. The quantitative estimate of drug-likeness (QED) is 0.510. The van der Waals surface area contributed by atoms with Crippen molar-refractivity contribution in [2.45, 2.75) is 44.1 Å². The molecule has 12 heavy (non-hydrogen) atoms. The number of esters is 1. The highest BCUT2D eigenvalue weighted by Gasteiger charge is 2.47. The van der Waals surface area contributed by atoms with Gasteiger partial charge in [0, 0.05) is 19.3 Å². The van der Waals surface area contributed by atoms with E-state index in [1.807, 2.05) is 0 Å². The van der Waals surface area contributed by atoms with E-state index >= 15 is 0 Å². The van der Waals surface area contributed by atoms with Crippen LogP contribution in [0.3, 0.4) is 0 Å². The molecule has 1 saturated heterocycles. The van der Waals surface area contributed by atoms with Gasteiger partial charge in [-0.15, -0.1) is 0 Å². The third kappa shape index (κ3) is 1.04. The van der Waals surface area contributed by atoms with E-state index in [9.17, 15) is 9.59 Å². The van der Waals surface area contributed by atoms with Crippen molar-refractivity contribution in [3.63, 3.8) is 0 Å². The van der Waals surface area contributed by atoms with Crippen molar-refractivity contribution in [2.24, 2.45) is 0 Å². The molecule has 0 amide bonds. The molecule has 1 atom stereocenters. The number of hydrogen-bond acceptors (Lipinski definition) is 3. The second-order valence-corrected chi connectivity index (χ2v) is 3.60. The molecule has 3 heteroatoms. The highest BCUT2D eigenvalue weighted by Crippen LogP contribution is 2.37. The van der Waals surface area contributed by atoms with Crippen molar-refractivity contribution in [3.05, 3.63) is 0 Å². The maximum Gasteiger partial charge on any atom is 0.306 e. The van der Waals surface area contributed by atoms with E-state index in [1.165, 1.54) is 0 Å². The highest BCUT2D eigenvalue weighted by molar-refractivity contribution is 5.92. The molecule has 0 aromatic carbocycles. The molecule has 2 aliphatic rings. The summed E-state index contributed by atoms with van der Waals surface area (Å²) < 4.78 is 5.11. The Hall–Kier alpha value is -0.860. The van der Waals surface area contributed by atoms with Gasteiger partial charge < -0.3 is 4.74 Å². The number of rotatable bonds is 0. The van der Waals surface area contributed by atoms with Gasteiger partial charge in [0.1, 0.15) is 0 Å². The number of ether oxygens (including phenoxy) is 1. The van der Waals surface area contributed by atoms with Crippen LogP contribution in [0.2, 0.25) is 0 Å². The molecule has 0 aromatic heterocycles. The van der Waals surface area contributed by atoms with Gasteiger partial charge in [0.15, 0.2) is 11.4 Å². The Morgan fingerprint density at radius 3 is 2.50 bits per heavy atom. The zero-order chi connectivity index (χ0) is 8.60. The van der Waals surface area contributed by atoms with Gasteiger partial charge in [-0.1, -0.05) is 0 Å². The molecule has 2 rings (SSSR count). The maximum absolute atomic E-state index is 11.5. The topological polar surface area (TPSA) is 43.4 Å². The molecule has 1 aliphatic carbocycles. The van der Waals surface area contributed by atoms with E-state index in [2.05, 4.69) is 0 Å². The molecule has 1 spiro atoms. The van der Waals surface area contributed by atoms with Crippen molar-refractivity contribution >= 4 is 11.8 Å². The number of hydrogen-bond donors (Lipinski definition) is 0. The van der Waals surface area contributed by atoms with Crippen LogP contribution in [-0.4, -0.2) is 17.4 Å². The Labute approximate surface area is 71.1 Å². The lowest BCUT2D eigenvalue weighted by Crippen LogP contribution is -2.40. The van der Waals surface area contributed by atoms with Gasteiger partial charge in [0.25, 0.3) is 0 Å². The molecule has 2 fully saturated rings. The molecular formula is C9H12O3. The van der Waals surface area contributed by atoms with E-state index in [-0.39, 0.29) is 11.8 Å². The van der Waals surface area contributed by atoms with Crippen LogP contribution < -0.4 is 0 Å². The van der Waals surface area contributed by atoms with Gasteiger partial charge in [-0.2, -0.15) is 0 Å². The molecule has 0 radical (unpaired) electrons. The first-order valence-electron chi connectivity index (χ1n) is 4.48. The molecular weight excluding hydrogens is 156 g/mol. The van der Waals surface area contributed by atoms with Crippen molar-refractivity contribution in [1.82, 2.24) is 0 Å². The summed E-state index contributed by atoms with van der Waals surface area (Å²) in [6.07, 6.45) is 4.35. The monoisotopic (exact) mass is 168 g/mol. The molecule has 66 valence electrons. The number of Topliss-reactive ketones (excluding diaryl/α,β-unsaturated/α-hetero) is 1. The average molecular weight is 168 g/mol. The molecule has 0 N–H and O–H groups in total. The first kappa shape index (κ1) is 7.77. The van der Waals surface area contributed by atoms with E-state index < -0.39 is 5.60 Å². The standard InChI is InChI=1S/C9H12O3/c10-7-3-1-2-5-9(7)6-4-8(11)12-9/h1-6H2/t9-/m0/s1. The fourth-order valence-electron chi connectivity index (χ4n) is 2.06. The fraction of sp³-hybridized carbons (Fsp3) is 0.778. The maximum atomic E-state index is 11.5. The largest absolute Gasteiger partial charge is 0.451 e. The summed E-state index contributed by atoms with van der Waals surface area (Å²) in [4.78, 5) is 22.4. The summed E-state index contributed by atoms with van der Waals surface area (Å²) in [7, 11) is 0. The minimum Gasteiger partial charge on any atom is -0.451 e. The Morgan fingerprint density at radius 1 is 1.08 bits per heavy atom. The van der Waals surface area contributed by atoms with E-state index in [1.54, 1.807) is 0 Å². The van der Waals surface area contributed by atoms with Crippen LogP contribution in [0.5, 0.6) is 0 Å². The number of carbonyl (C=O) groups excluding carboxylic acids is 2. The highest BCUT2D eigenvalue weighted by atomic mass is 16.6. The third-order valence-corrected chi connectivity index (χ3v) is 2.78. The lowest BCUT2D eigenvalue weighted by molar-refractivity contribution is -0.159. The van der Waals surface area contributed by atoms with Gasteiger partial charge in [0.2, 0.25) is 0 Å². The summed E-state index contributed by atoms with van der Waals surface area (Å²) in [5.74, 6) is -0.0650. The molecule has 1 aliphatic heterocycles. The van der Waals surface area contributed by atoms with Crippen LogP contribution >= 0.6 is 0 Å². The average Bonchev–Trinajstić information content (AvgIpc) is 2.41. The van der Waals surface area contributed by atoms with Crippen LogP contribution in [0.15, 0.2) is 0 Å². The van der Waals surface area contributed by atoms with Crippen LogP contribution in [0, 0.1) is 0 Å². The minimum absolute atomic E-state index is 0.139. The van der Waals surface area contributed by atoms with Crippen molar-refractivity contribution in [1.29, 1.82) is 0 Å². The predicted molar refractivity (Wildman–Crippen MR) is 41.5 cm³/mol. The van der Waals surface area contributed by atoms with Crippen LogP contribution in [0.25, 0.3) is 0 Å². The number of carbonyl (C=O) groups is 2. The normalized spacial score (nSPS) is 35.7. The lowest BCUT2D eigenvalue weighted by atomic mass is 9.82. The van der Waals surface area contributed by atoms with Gasteiger partial charge in [-0.05, 0) is 19.3 Å². The van der Waals surface area contributed by atoms with Gasteiger partial charge in [-0.3, -0.25) is 9.59 Å². The molecule has 3 nitrogen and oxygen atoms in total. The summed E-state index contributed by atoms with van der Waals surface area (Å²) >= 11 is 0. The second kappa shape index (κ2) is 2.57. The van der Waals surface area contributed by atoms with Crippen LogP contribution in [-0.2, 0) is 14.3 Å². The SMILES string of the molecule is O=C1CC[C@]2(CCCCC2=O)O1. The zero-order valence-corrected chi connectivity index (χ0v) is 6.97. The van der Waals surface area contributed by atoms with E-state index in [0.29, 0.717) is 19.3 Å². The number of ketones is 1. The summed E-state index contributed by atoms with van der Waals surface area (Å²) in [6.45, 7) is 0. The molecule has 1 saturated carbocycles. The van der Waals surface area contributed by atoms with Crippen LogP contribution in [0.1, 0.15) is 38.5 Å². The first-order chi connectivity index (χ1) is 5.73. The van der Waals surface area contributed by atoms with Crippen molar-refractivity contribution in [2.75, 3.05) is 0 Å². The lowest BCUT2D eigenvalue weighted by Gasteiger charge is -2.29. The smallest absolute Gasteiger partial charge is 0.306 e. The molecule has 1 heterocycles. The first-order valence-corrected chi connectivity index (χ1v) is 4.48. The Kier molecular flexibility index (Phi) is 1.67. The second-order valence-electron chi connectivity index (χ2n) is 3.60. The Morgan fingerprint density at radius 2 is 1.92 bits per heavy atom. The Balaban J connectivity index is 2.18. The van der Waals surface area contributed by atoms with E-state index in [4.69, 9.17) is 4.74 Å². The van der Waals surface area contributed by atoms with Gasteiger partial charge in [0.05, 0.1) is 0 Å². The molecule has 0 unspecified atom stereocenters. The predicted octanol–water partition coefficient (Wildman–Crippen LogP) is 1.21. The van der Waals surface area contributed by atoms with Crippen molar-refractivity contribution < 1.29 is 14.3 Å². The molecule has 0 bridgehead atoms.